The molecular formula is C23H27ClN2O3S. The normalized spacial score (nSPS) is 11.9. The summed E-state index contributed by atoms with van der Waals surface area (Å²) in [5, 5.41) is 0.659. The zero-order valence-corrected chi connectivity index (χ0v) is 19.0. The molecule has 1 heterocycles. The van der Waals surface area contributed by atoms with Gasteiger partial charge in [-0.3, -0.25) is 4.79 Å². The van der Waals surface area contributed by atoms with Crippen LogP contribution in [0.5, 0.6) is 5.75 Å². The number of ether oxygens (including phenoxy) is 2. The number of carbonyl (C=O) groups excluding carboxylic acids is 1. The molecule has 2 aromatic carbocycles. The maximum Gasteiger partial charge on any atom is 0.279 e. The molecule has 0 radical (unpaired) electrons. The lowest BCUT2D eigenvalue weighted by molar-refractivity contribution is 0.0996. The molecule has 0 aliphatic heterocycles. The minimum Gasteiger partial charge on any atom is -0.494 e. The van der Waals surface area contributed by atoms with Crippen molar-refractivity contribution in [1.29, 1.82) is 0 Å². The van der Waals surface area contributed by atoms with Crippen molar-refractivity contribution < 1.29 is 14.3 Å². The van der Waals surface area contributed by atoms with Gasteiger partial charge in [0, 0.05) is 23.7 Å². The first-order valence-corrected chi connectivity index (χ1v) is 11.5. The van der Waals surface area contributed by atoms with Gasteiger partial charge < -0.3 is 14.0 Å². The summed E-state index contributed by atoms with van der Waals surface area (Å²) in [5.41, 5.74) is 1.50. The fourth-order valence-corrected chi connectivity index (χ4v) is 4.39. The summed E-state index contributed by atoms with van der Waals surface area (Å²) in [6.45, 7) is 6.57. The van der Waals surface area contributed by atoms with Gasteiger partial charge in [0.1, 0.15) is 5.75 Å². The maximum atomic E-state index is 12.9. The molecule has 7 heteroatoms. The fraction of sp³-hybridized carbons (Fsp3) is 0.391. The van der Waals surface area contributed by atoms with Crippen LogP contribution in [0.3, 0.4) is 0 Å². The number of unbranched alkanes of at least 4 members (excludes halogenated alkanes) is 2. The zero-order chi connectivity index (χ0) is 21.3. The molecule has 160 valence electrons. The van der Waals surface area contributed by atoms with Crippen molar-refractivity contribution in [2.45, 2.75) is 39.7 Å². The first-order chi connectivity index (χ1) is 14.6. The Bertz CT molecular complexity index is 1060. The first-order valence-electron chi connectivity index (χ1n) is 10.3. The van der Waals surface area contributed by atoms with Gasteiger partial charge in [-0.15, -0.1) is 0 Å². The first kappa shape index (κ1) is 22.5. The second-order valence-electron chi connectivity index (χ2n) is 6.85. The molecule has 0 unspecified atom stereocenters. The van der Waals surface area contributed by atoms with E-state index in [0.717, 1.165) is 29.5 Å². The van der Waals surface area contributed by atoms with Crippen molar-refractivity contribution in [2.24, 2.45) is 4.99 Å². The van der Waals surface area contributed by atoms with Crippen LogP contribution in [0.2, 0.25) is 5.02 Å². The van der Waals surface area contributed by atoms with Gasteiger partial charge in [0.05, 0.1) is 23.4 Å². The highest BCUT2D eigenvalue weighted by molar-refractivity contribution is 7.16. The molecule has 0 aliphatic rings. The van der Waals surface area contributed by atoms with E-state index in [-0.39, 0.29) is 5.91 Å². The Morgan fingerprint density at radius 1 is 1.13 bits per heavy atom. The van der Waals surface area contributed by atoms with Gasteiger partial charge in [-0.25, -0.2) is 0 Å². The summed E-state index contributed by atoms with van der Waals surface area (Å²) in [6, 6.07) is 12.9. The van der Waals surface area contributed by atoms with E-state index in [0.29, 0.717) is 47.5 Å². The van der Waals surface area contributed by atoms with Crippen LogP contribution in [0.25, 0.3) is 10.2 Å². The number of rotatable bonds is 10. The lowest BCUT2D eigenvalue weighted by atomic mass is 10.2. The van der Waals surface area contributed by atoms with Crippen molar-refractivity contribution in [3.63, 3.8) is 0 Å². The molecular weight excluding hydrogens is 420 g/mol. The molecule has 0 fully saturated rings. The number of aromatic nitrogens is 1. The second kappa shape index (κ2) is 11.3. The van der Waals surface area contributed by atoms with Gasteiger partial charge in [0.15, 0.2) is 4.80 Å². The van der Waals surface area contributed by atoms with E-state index in [1.807, 2.05) is 41.8 Å². The lowest BCUT2D eigenvalue weighted by Gasteiger charge is -2.07. The third kappa shape index (κ3) is 5.94. The average molecular weight is 447 g/mol. The Balaban J connectivity index is 1.88. The number of fused-ring (bicyclic) bond motifs is 1. The summed E-state index contributed by atoms with van der Waals surface area (Å²) in [6.07, 6.45) is 3.28. The molecule has 3 aromatic rings. The molecule has 30 heavy (non-hydrogen) atoms. The quantitative estimate of drug-likeness (QED) is 0.375. The van der Waals surface area contributed by atoms with Crippen molar-refractivity contribution in [3.8, 4) is 5.75 Å². The van der Waals surface area contributed by atoms with Crippen LogP contribution in [0.1, 0.15) is 43.5 Å². The molecule has 3 rings (SSSR count). The topological polar surface area (TPSA) is 52.8 Å². The highest BCUT2D eigenvalue weighted by Gasteiger charge is 2.11. The monoisotopic (exact) mass is 446 g/mol. The van der Waals surface area contributed by atoms with Crippen molar-refractivity contribution >= 4 is 39.1 Å². The van der Waals surface area contributed by atoms with Crippen LogP contribution in [-0.2, 0) is 11.3 Å². The molecule has 0 spiro atoms. The van der Waals surface area contributed by atoms with Crippen LogP contribution in [0.4, 0.5) is 0 Å². The summed E-state index contributed by atoms with van der Waals surface area (Å²) in [4.78, 5) is 17.9. The van der Waals surface area contributed by atoms with E-state index in [1.165, 1.54) is 11.3 Å². The molecule has 0 bridgehead atoms. The van der Waals surface area contributed by atoms with Crippen LogP contribution < -0.4 is 9.54 Å². The average Bonchev–Trinajstić information content (AvgIpc) is 3.07. The molecule has 5 nitrogen and oxygen atoms in total. The van der Waals surface area contributed by atoms with Gasteiger partial charge in [-0.1, -0.05) is 48.8 Å². The minimum absolute atomic E-state index is 0.295. The van der Waals surface area contributed by atoms with E-state index in [9.17, 15) is 4.79 Å². The number of carbonyl (C=O) groups is 1. The Morgan fingerprint density at radius 2 is 2.00 bits per heavy atom. The summed E-state index contributed by atoms with van der Waals surface area (Å²) >= 11 is 7.60. The third-order valence-corrected chi connectivity index (χ3v) is 5.88. The molecule has 1 amide bonds. The molecule has 0 atom stereocenters. The molecule has 0 saturated heterocycles. The number of halogens is 1. The van der Waals surface area contributed by atoms with E-state index >= 15 is 0 Å². The Hall–Kier alpha value is -2.15. The predicted octanol–water partition coefficient (Wildman–Crippen LogP) is 5.70. The SMILES string of the molecule is CCCCCOc1cccc(C(=O)N=c2sc3cc(Cl)ccc3n2CCOCC)c1. The number of nitrogens with zero attached hydrogens (tertiary/aromatic N) is 2. The van der Waals surface area contributed by atoms with E-state index < -0.39 is 0 Å². The van der Waals surface area contributed by atoms with E-state index in [2.05, 4.69) is 11.9 Å². The number of hydrogen-bond donors (Lipinski definition) is 0. The van der Waals surface area contributed by atoms with Gasteiger partial charge in [0.2, 0.25) is 0 Å². The van der Waals surface area contributed by atoms with E-state index in [4.69, 9.17) is 21.1 Å². The van der Waals surface area contributed by atoms with Crippen LogP contribution in [-0.4, -0.2) is 30.3 Å². The number of benzene rings is 2. The zero-order valence-electron chi connectivity index (χ0n) is 17.4. The van der Waals surface area contributed by atoms with Crippen molar-refractivity contribution in [2.75, 3.05) is 19.8 Å². The Kier molecular flexibility index (Phi) is 8.49. The maximum absolute atomic E-state index is 12.9. The van der Waals surface area contributed by atoms with Crippen LogP contribution in [0.15, 0.2) is 47.5 Å². The molecule has 0 aliphatic carbocycles. The lowest BCUT2D eigenvalue weighted by Crippen LogP contribution is -2.19. The fourth-order valence-electron chi connectivity index (χ4n) is 3.06. The predicted molar refractivity (Wildman–Crippen MR) is 123 cm³/mol. The Morgan fingerprint density at radius 3 is 2.80 bits per heavy atom. The molecule has 0 N–H and O–H groups in total. The minimum atomic E-state index is -0.295. The smallest absolute Gasteiger partial charge is 0.279 e. The second-order valence-corrected chi connectivity index (χ2v) is 8.29. The number of hydrogen-bond acceptors (Lipinski definition) is 4. The highest BCUT2D eigenvalue weighted by Crippen LogP contribution is 2.22. The summed E-state index contributed by atoms with van der Waals surface area (Å²) in [7, 11) is 0. The van der Waals surface area contributed by atoms with Gasteiger partial charge in [-0.05, 0) is 49.7 Å². The van der Waals surface area contributed by atoms with Gasteiger partial charge >= 0.3 is 0 Å². The van der Waals surface area contributed by atoms with Crippen LogP contribution in [0, 0.1) is 0 Å². The summed E-state index contributed by atoms with van der Waals surface area (Å²) in [5.74, 6) is 0.399. The van der Waals surface area contributed by atoms with Gasteiger partial charge in [0.25, 0.3) is 5.91 Å². The van der Waals surface area contributed by atoms with Gasteiger partial charge in [-0.2, -0.15) is 4.99 Å². The van der Waals surface area contributed by atoms with Crippen LogP contribution >= 0.6 is 22.9 Å². The largest absolute Gasteiger partial charge is 0.494 e. The molecule has 0 saturated carbocycles. The van der Waals surface area contributed by atoms with E-state index in [1.54, 1.807) is 12.1 Å². The molecule has 1 aromatic heterocycles. The highest BCUT2D eigenvalue weighted by atomic mass is 35.5. The number of amides is 1. The van der Waals surface area contributed by atoms with Crippen molar-refractivity contribution in [3.05, 3.63) is 57.9 Å². The van der Waals surface area contributed by atoms with Crippen molar-refractivity contribution in [1.82, 2.24) is 4.57 Å². The standard InChI is InChI=1S/C23H27ClN2O3S/c1-3-5-6-13-29-19-9-7-8-17(15-19)22(27)25-23-26(12-14-28-4-2)20-11-10-18(24)16-21(20)30-23/h7-11,15-16H,3-6,12-14H2,1-2H3. The summed E-state index contributed by atoms with van der Waals surface area (Å²) < 4.78 is 14.3. The Labute approximate surface area is 185 Å². The third-order valence-electron chi connectivity index (χ3n) is 4.60. The number of thiazole rings is 1.